The molecule has 58 heavy (non-hydrogen) atoms. The summed E-state index contributed by atoms with van der Waals surface area (Å²) in [6.45, 7) is 14.8. The Kier molecular flexibility index (Phi) is 10.00. The van der Waals surface area contributed by atoms with Gasteiger partial charge in [0.05, 0.1) is 0 Å². The summed E-state index contributed by atoms with van der Waals surface area (Å²) >= 11 is 0. The van der Waals surface area contributed by atoms with Crippen molar-refractivity contribution >= 4 is 22.6 Å². The zero-order valence-electron chi connectivity index (χ0n) is 36.0. The minimum Gasteiger partial charge on any atom is -0.488 e. The molecule has 8 atom stereocenters. The van der Waals surface area contributed by atoms with Crippen LogP contribution in [0.25, 0.3) is 27.6 Å². The summed E-state index contributed by atoms with van der Waals surface area (Å²) in [5, 5.41) is 2.46. The molecule has 5 heteroatoms. The Morgan fingerprint density at radius 2 is 1.60 bits per heavy atom. The lowest BCUT2D eigenvalue weighted by molar-refractivity contribution is -0.0651. The lowest BCUT2D eigenvalue weighted by Gasteiger charge is -2.58. The zero-order valence-corrected chi connectivity index (χ0v) is 36.0. The highest BCUT2D eigenvalue weighted by atomic mass is 16.7. The number of fused-ring (bicyclic) bond motifs is 13. The Morgan fingerprint density at radius 3 is 2.43 bits per heavy atom. The summed E-state index contributed by atoms with van der Waals surface area (Å²) in [4.78, 5) is 15.9. The Hall–Kier alpha value is -3.73. The predicted molar refractivity (Wildman–Crippen MR) is 235 cm³/mol. The zero-order chi connectivity index (χ0) is 39.8. The van der Waals surface area contributed by atoms with Gasteiger partial charge in [-0.05, 0) is 131 Å². The highest BCUT2D eigenvalue weighted by Gasteiger charge is 2.59. The van der Waals surface area contributed by atoms with E-state index in [1.54, 1.807) is 5.57 Å². The summed E-state index contributed by atoms with van der Waals surface area (Å²) in [5.41, 5.74) is 10.3. The van der Waals surface area contributed by atoms with E-state index in [0.29, 0.717) is 12.0 Å². The minimum absolute atomic E-state index is 0.0789. The summed E-state index contributed by atoms with van der Waals surface area (Å²) in [7, 11) is 0. The number of ether oxygens (including phenoxy) is 3. The van der Waals surface area contributed by atoms with Crippen LogP contribution in [0.3, 0.4) is 0 Å². The normalized spacial score (nSPS) is 31.8. The third-order valence-corrected chi connectivity index (χ3v) is 17.3. The van der Waals surface area contributed by atoms with Crippen LogP contribution in [-0.4, -0.2) is 43.0 Å². The van der Waals surface area contributed by atoms with Gasteiger partial charge in [-0.25, -0.2) is 4.79 Å². The molecule has 1 saturated heterocycles. The van der Waals surface area contributed by atoms with Crippen LogP contribution in [-0.2, 0) is 15.9 Å². The molecule has 0 bridgehead atoms. The number of nitrogens with zero attached hydrogens (tertiary/aromatic N) is 1. The SMILES string of the molecule is CC(C)CCCC(C)C1CCC2C3CC=C4CC(OC(=O)OC5CCN(C6=CCOc7c6c6c(c8ccccc78)-c7ccccc7C6)CC5)CCC4(C)C3CCC12C. The number of rotatable bonds is 8. The number of carbonyl (C=O) groups excluding carboxylic acids is 1. The van der Waals surface area contributed by atoms with Gasteiger partial charge in [-0.3, -0.25) is 0 Å². The molecule has 3 aromatic carbocycles. The van der Waals surface area contributed by atoms with E-state index in [1.165, 1.54) is 95.7 Å². The van der Waals surface area contributed by atoms with Crippen LogP contribution in [0.2, 0.25) is 0 Å². The molecule has 0 aromatic heterocycles. The number of piperidine rings is 1. The van der Waals surface area contributed by atoms with E-state index < -0.39 is 6.16 Å². The molecule has 308 valence electrons. The lowest BCUT2D eigenvalue weighted by atomic mass is 9.47. The molecule has 8 unspecified atom stereocenters. The molecule has 3 saturated carbocycles. The third kappa shape index (κ3) is 6.42. The third-order valence-electron chi connectivity index (χ3n) is 17.3. The van der Waals surface area contributed by atoms with Gasteiger partial charge in [0, 0.05) is 49.0 Å². The largest absolute Gasteiger partial charge is 0.508 e. The molecule has 7 aliphatic rings. The first-order chi connectivity index (χ1) is 28.1. The number of carbonyl (C=O) groups is 1. The van der Waals surface area contributed by atoms with Crippen LogP contribution in [0.15, 0.2) is 66.3 Å². The molecule has 3 aromatic rings. The average Bonchev–Trinajstić information content (AvgIpc) is 3.79. The number of hydrogen-bond acceptors (Lipinski definition) is 5. The second-order valence-corrected chi connectivity index (χ2v) is 20.7. The number of benzene rings is 3. The van der Waals surface area contributed by atoms with Crippen molar-refractivity contribution in [2.75, 3.05) is 19.7 Å². The Bertz CT molecular complexity index is 2120. The van der Waals surface area contributed by atoms with Crippen molar-refractivity contribution in [2.24, 2.45) is 46.3 Å². The first-order valence-electron chi connectivity index (χ1n) is 23.4. The Labute approximate surface area is 348 Å². The van der Waals surface area contributed by atoms with Gasteiger partial charge in [0.1, 0.15) is 24.6 Å². The quantitative estimate of drug-likeness (QED) is 0.132. The number of hydrogen-bond donors (Lipinski definition) is 0. The van der Waals surface area contributed by atoms with Crippen molar-refractivity contribution < 1.29 is 19.0 Å². The van der Waals surface area contributed by atoms with Crippen molar-refractivity contribution in [3.8, 4) is 16.9 Å². The summed E-state index contributed by atoms with van der Waals surface area (Å²) < 4.78 is 18.7. The molecule has 0 amide bonds. The first kappa shape index (κ1) is 38.5. The van der Waals surface area contributed by atoms with Crippen molar-refractivity contribution in [3.05, 3.63) is 82.9 Å². The highest BCUT2D eigenvalue weighted by molar-refractivity contribution is 6.08. The van der Waals surface area contributed by atoms with Gasteiger partial charge in [-0.1, -0.05) is 114 Å². The fraction of sp³-hybridized carbons (Fsp3) is 0.604. The minimum atomic E-state index is -0.466. The number of allylic oxidation sites excluding steroid dienone is 1. The summed E-state index contributed by atoms with van der Waals surface area (Å²) in [6.07, 6.45) is 20.7. The second kappa shape index (κ2) is 15.1. The van der Waals surface area contributed by atoms with Crippen LogP contribution < -0.4 is 4.74 Å². The van der Waals surface area contributed by atoms with E-state index in [4.69, 9.17) is 14.2 Å². The van der Waals surface area contributed by atoms with Gasteiger partial charge < -0.3 is 19.1 Å². The molecule has 2 aliphatic heterocycles. The topological polar surface area (TPSA) is 48.0 Å². The van der Waals surface area contributed by atoms with Gasteiger partial charge in [0.15, 0.2) is 0 Å². The Balaban J connectivity index is 0.758. The smallest absolute Gasteiger partial charge is 0.488 e. The first-order valence-corrected chi connectivity index (χ1v) is 23.4. The lowest BCUT2D eigenvalue weighted by Crippen LogP contribution is -2.51. The molecule has 0 N–H and O–H groups in total. The van der Waals surface area contributed by atoms with Crippen molar-refractivity contribution in [3.63, 3.8) is 0 Å². The number of likely N-dealkylation sites (tertiary alicyclic amines) is 1. The van der Waals surface area contributed by atoms with E-state index in [2.05, 4.69) is 100 Å². The maximum absolute atomic E-state index is 13.4. The van der Waals surface area contributed by atoms with Crippen LogP contribution in [0, 0.1) is 46.3 Å². The predicted octanol–water partition coefficient (Wildman–Crippen LogP) is 13.2. The van der Waals surface area contributed by atoms with E-state index in [-0.39, 0.29) is 17.6 Å². The monoisotopic (exact) mass is 782 g/mol. The van der Waals surface area contributed by atoms with Crippen LogP contribution in [0.5, 0.6) is 5.75 Å². The highest BCUT2D eigenvalue weighted by Crippen LogP contribution is 2.67. The van der Waals surface area contributed by atoms with Crippen LogP contribution in [0.1, 0.15) is 135 Å². The fourth-order valence-corrected chi connectivity index (χ4v) is 14.3. The van der Waals surface area contributed by atoms with Gasteiger partial charge >= 0.3 is 6.16 Å². The molecule has 2 heterocycles. The molecule has 10 rings (SSSR count). The molecule has 0 radical (unpaired) electrons. The molecule has 4 fully saturated rings. The van der Waals surface area contributed by atoms with E-state index in [1.807, 2.05) is 0 Å². The standard InChI is InChI=1S/C53H67NO4/c1-33(2)11-10-12-34(3)44-19-20-45-42-18-17-36-32-38(21-26-52(36,4)46(42)22-27-53(44,45)5)58-51(55)57-37-23-28-54(29-24-37)47-25-30-56-50-41-16-9-8-15-40(41)48-39-14-7-6-13-35(39)31-43(48)49(47)50/h6-9,13-17,25,33-34,37-38,42,44-46H,10-12,18-24,26-32H2,1-5H3. The second-order valence-electron chi connectivity index (χ2n) is 20.7. The molecule has 5 nitrogen and oxygen atoms in total. The average molecular weight is 782 g/mol. The van der Waals surface area contributed by atoms with Gasteiger partial charge in [-0.15, -0.1) is 0 Å². The van der Waals surface area contributed by atoms with Crippen molar-refractivity contribution in [1.82, 2.24) is 4.90 Å². The van der Waals surface area contributed by atoms with Crippen LogP contribution >= 0.6 is 0 Å². The molecular weight excluding hydrogens is 715 g/mol. The Morgan fingerprint density at radius 1 is 0.828 bits per heavy atom. The van der Waals surface area contributed by atoms with Gasteiger partial charge in [0.2, 0.25) is 0 Å². The molecular formula is C53H67NO4. The molecule has 5 aliphatic carbocycles. The van der Waals surface area contributed by atoms with E-state index in [0.717, 1.165) is 92.9 Å². The van der Waals surface area contributed by atoms with Crippen molar-refractivity contribution in [1.29, 1.82) is 0 Å². The van der Waals surface area contributed by atoms with Crippen LogP contribution in [0.4, 0.5) is 4.79 Å². The van der Waals surface area contributed by atoms with Gasteiger partial charge in [-0.2, -0.15) is 0 Å². The maximum atomic E-state index is 13.4. The summed E-state index contributed by atoms with van der Waals surface area (Å²) in [5.74, 6) is 6.02. The fourth-order valence-electron chi connectivity index (χ4n) is 14.3. The summed E-state index contributed by atoms with van der Waals surface area (Å²) in [6, 6.07) is 17.6. The molecule has 0 spiro atoms. The maximum Gasteiger partial charge on any atom is 0.508 e. The van der Waals surface area contributed by atoms with Gasteiger partial charge in [0.25, 0.3) is 0 Å². The van der Waals surface area contributed by atoms with E-state index >= 15 is 0 Å². The van der Waals surface area contributed by atoms with E-state index in [9.17, 15) is 4.79 Å². The van der Waals surface area contributed by atoms with Crippen molar-refractivity contribution in [2.45, 2.75) is 137 Å².